The minimum absolute atomic E-state index is 0.165. The Hall–Kier alpha value is -1.76. The van der Waals surface area contributed by atoms with E-state index in [1.807, 2.05) is 0 Å². The van der Waals surface area contributed by atoms with E-state index in [9.17, 15) is 4.79 Å². The number of anilines is 1. The van der Waals surface area contributed by atoms with Crippen LogP contribution in [0.1, 0.15) is 10.6 Å². The van der Waals surface area contributed by atoms with E-state index in [2.05, 4.69) is 41.4 Å². The molecule has 0 atom stereocenters. The first kappa shape index (κ1) is 9.78. The van der Waals surface area contributed by atoms with Crippen LogP contribution in [0.4, 0.5) is 5.69 Å². The third kappa shape index (κ3) is 2.38. The first-order valence-corrected chi connectivity index (χ1v) is 4.83. The molecule has 0 aromatic carbocycles. The summed E-state index contributed by atoms with van der Waals surface area (Å²) in [4.78, 5) is 19.2. The second-order valence-corrected chi connectivity index (χ2v) is 3.47. The zero-order chi connectivity index (χ0) is 10.7. The number of aromatic nitrogens is 4. The third-order valence-corrected chi connectivity index (χ3v) is 2.08. The maximum atomic E-state index is 11.5. The maximum Gasteiger partial charge on any atom is 0.293 e. The number of hydrogen-bond acceptors (Lipinski definition) is 4. The van der Waals surface area contributed by atoms with Crippen molar-refractivity contribution in [1.82, 2.24) is 20.2 Å². The molecule has 0 fully saturated rings. The summed E-state index contributed by atoms with van der Waals surface area (Å²) >= 11 is 3.20. The SMILES string of the molecule is O=C(Nc1ccc(Br)nc1)c1ncn[nH]1. The summed E-state index contributed by atoms with van der Waals surface area (Å²) in [6, 6.07) is 3.46. The quantitative estimate of drug-likeness (QED) is 0.802. The van der Waals surface area contributed by atoms with E-state index in [1.165, 1.54) is 6.33 Å². The van der Waals surface area contributed by atoms with Crippen LogP contribution in [0.2, 0.25) is 0 Å². The summed E-state index contributed by atoms with van der Waals surface area (Å²) in [6.07, 6.45) is 2.81. The second-order valence-electron chi connectivity index (χ2n) is 2.66. The normalized spacial score (nSPS) is 9.93. The Balaban J connectivity index is 2.09. The van der Waals surface area contributed by atoms with Gasteiger partial charge in [-0.25, -0.2) is 9.97 Å². The van der Waals surface area contributed by atoms with Crippen LogP contribution in [0.5, 0.6) is 0 Å². The van der Waals surface area contributed by atoms with E-state index in [0.717, 1.165) is 0 Å². The summed E-state index contributed by atoms with van der Waals surface area (Å²) < 4.78 is 0.708. The zero-order valence-electron chi connectivity index (χ0n) is 7.44. The van der Waals surface area contributed by atoms with Gasteiger partial charge >= 0.3 is 0 Å². The molecule has 0 radical (unpaired) electrons. The molecule has 2 rings (SSSR count). The minimum atomic E-state index is -0.350. The highest BCUT2D eigenvalue weighted by atomic mass is 79.9. The van der Waals surface area contributed by atoms with Crippen molar-refractivity contribution in [3.8, 4) is 0 Å². The molecule has 15 heavy (non-hydrogen) atoms. The molecule has 0 aliphatic carbocycles. The molecule has 0 saturated heterocycles. The predicted molar refractivity (Wildman–Crippen MR) is 56.3 cm³/mol. The fourth-order valence-corrected chi connectivity index (χ4v) is 1.19. The fourth-order valence-electron chi connectivity index (χ4n) is 0.955. The monoisotopic (exact) mass is 267 g/mol. The van der Waals surface area contributed by atoms with Gasteiger partial charge in [-0.05, 0) is 28.1 Å². The summed E-state index contributed by atoms with van der Waals surface area (Å²) in [5.74, 6) is -0.186. The Morgan fingerprint density at radius 1 is 1.40 bits per heavy atom. The molecule has 2 aromatic rings. The van der Waals surface area contributed by atoms with Crippen molar-refractivity contribution >= 4 is 27.5 Å². The Labute approximate surface area is 93.3 Å². The fraction of sp³-hybridized carbons (Fsp3) is 0. The van der Waals surface area contributed by atoms with Crippen LogP contribution >= 0.6 is 15.9 Å². The van der Waals surface area contributed by atoms with Crippen molar-refractivity contribution in [3.05, 3.63) is 35.1 Å². The molecule has 2 N–H and O–H groups in total. The van der Waals surface area contributed by atoms with Crippen LogP contribution < -0.4 is 5.32 Å². The van der Waals surface area contributed by atoms with Gasteiger partial charge in [-0.2, -0.15) is 5.10 Å². The van der Waals surface area contributed by atoms with Crippen LogP contribution in [0, 0.1) is 0 Å². The molecule has 0 aliphatic rings. The van der Waals surface area contributed by atoms with E-state index in [4.69, 9.17) is 0 Å². The number of hydrogen-bond donors (Lipinski definition) is 2. The van der Waals surface area contributed by atoms with Crippen LogP contribution in [-0.2, 0) is 0 Å². The number of H-pyrrole nitrogens is 1. The van der Waals surface area contributed by atoms with Gasteiger partial charge in [0.2, 0.25) is 5.82 Å². The molecule has 7 heteroatoms. The number of amides is 1. The number of rotatable bonds is 2. The summed E-state index contributed by atoms with van der Waals surface area (Å²) in [6.45, 7) is 0. The van der Waals surface area contributed by atoms with E-state index >= 15 is 0 Å². The average Bonchev–Trinajstić information content (AvgIpc) is 2.74. The minimum Gasteiger partial charge on any atom is -0.318 e. The first-order valence-electron chi connectivity index (χ1n) is 4.04. The summed E-state index contributed by atoms with van der Waals surface area (Å²) in [7, 11) is 0. The standard InChI is InChI=1S/C8H6BrN5O/c9-6-2-1-5(3-10-6)13-8(15)7-11-4-12-14-7/h1-4H,(H,13,15)(H,11,12,14). The van der Waals surface area contributed by atoms with Crippen LogP contribution in [-0.4, -0.2) is 26.1 Å². The van der Waals surface area contributed by atoms with Gasteiger partial charge in [0.05, 0.1) is 11.9 Å². The highest BCUT2D eigenvalue weighted by molar-refractivity contribution is 9.10. The number of carbonyl (C=O) groups is 1. The van der Waals surface area contributed by atoms with Crippen molar-refractivity contribution in [1.29, 1.82) is 0 Å². The summed E-state index contributed by atoms with van der Waals surface area (Å²) in [5.41, 5.74) is 0.597. The smallest absolute Gasteiger partial charge is 0.293 e. The maximum absolute atomic E-state index is 11.5. The van der Waals surface area contributed by atoms with Gasteiger partial charge in [-0.15, -0.1) is 0 Å². The van der Waals surface area contributed by atoms with Gasteiger partial charge in [0.15, 0.2) is 0 Å². The second kappa shape index (κ2) is 4.18. The van der Waals surface area contributed by atoms with Gasteiger partial charge in [0, 0.05) is 0 Å². The molecule has 2 aromatic heterocycles. The Bertz CT molecular complexity index is 452. The van der Waals surface area contributed by atoms with Crippen LogP contribution in [0.3, 0.4) is 0 Å². The molecule has 2 heterocycles. The zero-order valence-corrected chi connectivity index (χ0v) is 9.02. The third-order valence-electron chi connectivity index (χ3n) is 1.62. The Kier molecular flexibility index (Phi) is 2.72. The number of nitrogens with one attached hydrogen (secondary N) is 2. The van der Waals surface area contributed by atoms with E-state index in [-0.39, 0.29) is 11.7 Å². The molecule has 0 spiro atoms. The van der Waals surface area contributed by atoms with Gasteiger partial charge in [-0.3, -0.25) is 9.89 Å². The molecule has 6 nitrogen and oxygen atoms in total. The largest absolute Gasteiger partial charge is 0.318 e. The molecule has 0 saturated carbocycles. The van der Waals surface area contributed by atoms with Crippen molar-refractivity contribution in [2.24, 2.45) is 0 Å². The van der Waals surface area contributed by atoms with Gasteiger partial charge in [-0.1, -0.05) is 0 Å². The van der Waals surface area contributed by atoms with E-state index < -0.39 is 0 Å². The highest BCUT2D eigenvalue weighted by Gasteiger charge is 2.08. The van der Waals surface area contributed by atoms with Crippen molar-refractivity contribution in [2.45, 2.75) is 0 Å². The number of nitrogens with zero attached hydrogens (tertiary/aromatic N) is 3. The Morgan fingerprint density at radius 2 is 2.27 bits per heavy atom. The van der Waals surface area contributed by atoms with E-state index in [0.29, 0.717) is 10.3 Å². The molecule has 0 unspecified atom stereocenters. The molecule has 1 amide bonds. The van der Waals surface area contributed by atoms with Gasteiger partial charge < -0.3 is 5.32 Å². The molecule has 76 valence electrons. The summed E-state index contributed by atoms with van der Waals surface area (Å²) in [5, 5.41) is 8.66. The van der Waals surface area contributed by atoms with Crippen LogP contribution in [0.15, 0.2) is 29.3 Å². The number of carbonyl (C=O) groups excluding carboxylic acids is 1. The molecular formula is C8H6BrN5O. The van der Waals surface area contributed by atoms with Crippen LogP contribution in [0.25, 0.3) is 0 Å². The predicted octanol–water partition coefficient (Wildman–Crippen LogP) is 1.21. The number of pyridine rings is 1. The van der Waals surface area contributed by atoms with Crippen molar-refractivity contribution < 1.29 is 4.79 Å². The lowest BCUT2D eigenvalue weighted by Gasteiger charge is -2.01. The highest BCUT2D eigenvalue weighted by Crippen LogP contribution is 2.10. The van der Waals surface area contributed by atoms with Crippen molar-refractivity contribution in [3.63, 3.8) is 0 Å². The first-order chi connectivity index (χ1) is 7.25. The Morgan fingerprint density at radius 3 is 2.87 bits per heavy atom. The van der Waals surface area contributed by atoms with Gasteiger partial charge in [0.25, 0.3) is 5.91 Å². The lowest BCUT2D eigenvalue weighted by molar-refractivity contribution is 0.101. The van der Waals surface area contributed by atoms with Gasteiger partial charge in [0.1, 0.15) is 10.9 Å². The van der Waals surface area contributed by atoms with E-state index in [1.54, 1.807) is 18.3 Å². The molecule has 0 bridgehead atoms. The molecular weight excluding hydrogens is 262 g/mol. The topological polar surface area (TPSA) is 83.6 Å². The van der Waals surface area contributed by atoms with Crippen molar-refractivity contribution in [2.75, 3.05) is 5.32 Å². The molecule has 0 aliphatic heterocycles. The average molecular weight is 268 g/mol. The number of aromatic amines is 1. The number of halogens is 1. The lowest BCUT2D eigenvalue weighted by Crippen LogP contribution is -2.13. The lowest BCUT2D eigenvalue weighted by atomic mass is 10.4.